The molecule has 12 heteroatoms. The van der Waals surface area contributed by atoms with Crippen LogP contribution in [0.4, 0.5) is 17.6 Å². The lowest BCUT2D eigenvalue weighted by Crippen LogP contribution is -2.14. The largest absolute Gasteiger partial charge is 0.530 e. The maximum absolute atomic E-state index is 10.3. The zero-order chi connectivity index (χ0) is 11.7. The van der Waals surface area contributed by atoms with Gasteiger partial charge < -0.3 is 30.3 Å². The van der Waals surface area contributed by atoms with E-state index in [0.29, 0.717) is 0 Å². The van der Waals surface area contributed by atoms with Gasteiger partial charge in [-0.05, 0) is 19.4 Å². The van der Waals surface area contributed by atoms with Crippen molar-refractivity contribution >= 4 is 17.6 Å². The van der Waals surface area contributed by atoms with Crippen LogP contribution in [0.25, 0.3) is 0 Å². The molecule has 0 spiro atoms. The van der Waals surface area contributed by atoms with Crippen LogP contribution in [-0.2, 0) is 0 Å². The lowest BCUT2D eigenvalue weighted by Gasteiger charge is -1.93. The van der Waals surface area contributed by atoms with Crippen LogP contribution < -0.4 is 5.84 Å². The van der Waals surface area contributed by atoms with Crippen LogP contribution in [0.15, 0.2) is 0 Å². The van der Waals surface area contributed by atoms with Crippen molar-refractivity contribution in [3.8, 4) is 0 Å². The molecule has 80 valence electrons. The Kier molecular flexibility index (Phi) is 2.17. The smallest absolute Gasteiger partial charge is 0.389 e. The van der Waals surface area contributed by atoms with Gasteiger partial charge in [0.2, 0.25) is 0 Å². The molecular formula is C3H2N6O6. The lowest BCUT2D eigenvalue weighted by atomic mass is 10.7. The average Bonchev–Trinajstić information content (AvgIpc) is 2.42. The summed E-state index contributed by atoms with van der Waals surface area (Å²) in [4.78, 5) is 30.0. The van der Waals surface area contributed by atoms with Crippen LogP contribution in [0.1, 0.15) is 0 Å². The normalized spacial score (nSPS) is 9.87. The molecule has 0 aliphatic rings. The van der Waals surface area contributed by atoms with Gasteiger partial charge in [0, 0.05) is 0 Å². The van der Waals surface area contributed by atoms with Crippen LogP contribution in [0.2, 0.25) is 0 Å². The van der Waals surface area contributed by atoms with Gasteiger partial charge in [0.1, 0.15) is 0 Å². The molecule has 0 atom stereocenters. The highest BCUT2D eigenvalue weighted by Crippen LogP contribution is 2.28. The van der Waals surface area contributed by atoms with Crippen LogP contribution in [-0.4, -0.2) is 24.4 Å². The highest BCUT2D eigenvalue weighted by Gasteiger charge is 2.39. The van der Waals surface area contributed by atoms with Crippen LogP contribution in [0, 0.1) is 30.3 Å². The number of imidazole rings is 1. The second-order valence-corrected chi connectivity index (χ2v) is 2.20. The molecule has 0 aliphatic heterocycles. The molecule has 1 heterocycles. The summed E-state index contributed by atoms with van der Waals surface area (Å²) in [5.74, 6) is 1.22. The summed E-state index contributed by atoms with van der Waals surface area (Å²) < 4.78 is -0.0574. The van der Waals surface area contributed by atoms with E-state index in [1.165, 1.54) is 0 Å². The van der Waals surface area contributed by atoms with Crippen molar-refractivity contribution in [1.82, 2.24) is 9.66 Å². The molecule has 1 aromatic heterocycles. The Balaban J connectivity index is 3.53. The fourth-order valence-electron chi connectivity index (χ4n) is 0.822. The number of rotatable bonds is 3. The molecule has 0 saturated heterocycles. The predicted octanol–water partition coefficient (Wildman–Crippen LogP) is -0.678. The van der Waals surface area contributed by atoms with Crippen LogP contribution in [0.5, 0.6) is 0 Å². The summed E-state index contributed by atoms with van der Waals surface area (Å²) >= 11 is 0. The quantitative estimate of drug-likeness (QED) is 0.394. The summed E-state index contributed by atoms with van der Waals surface area (Å²) in [6, 6.07) is 0. The number of nitrogens with two attached hydrogens (primary N) is 1. The van der Waals surface area contributed by atoms with E-state index in [4.69, 9.17) is 5.84 Å². The number of nitrogen functional groups attached to an aromatic ring is 1. The highest BCUT2D eigenvalue weighted by molar-refractivity contribution is 5.46. The molecule has 0 fully saturated rings. The molecule has 0 bridgehead atoms. The first-order valence-corrected chi connectivity index (χ1v) is 3.17. The molecule has 12 nitrogen and oxygen atoms in total. The minimum Gasteiger partial charge on any atom is -0.389 e. The van der Waals surface area contributed by atoms with E-state index < -0.39 is 32.4 Å². The second-order valence-electron chi connectivity index (χ2n) is 2.20. The van der Waals surface area contributed by atoms with Gasteiger partial charge in [-0.2, -0.15) is 0 Å². The molecule has 1 rings (SSSR count). The van der Waals surface area contributed by atoms with E-state index in [0.717, 1.165) is 0 Å². The second kappa shape index (κ2) is 3.17. The molecule has 15 heavy (non-hydrogen) atoms. The molecule has 0 aliphatic carbocycles. The minimum absolute atomic E-state index is 0.0574. The van der Waals surface area contributed by atoms with E-state index in [1.807, 2.05) is 0 Å². The molecule has 0 aromatic carbocycles. The van der Waals surface area contributed by atoms with Gasteiger partial charge in [-0.3, -0.25) is 5.84 Å². The highest BCUT2D eigenvalue weighted by atomic mass is 16.6. The fraction of sp³-hybridized carbons (Fsp3) is 0. The Morgan fingerprint density at radius 1 is 1.07 bits per heavy atom. The monoisotopic (exact) mass is 218 g/mol. The van der Waals surface area contributed by atoms with Crippen molar-refractivity contribution in [2.45, 2.75) is 0 Å². The topological polar surface area (TPSA) is 173 Å². The van der Waals surface area contributed by atoms with E-state index in [9.17, 15) is 30.3 Å². The van der Waals surface area contributed by atoms with Gasteiger partial charge in [0.05, 0.1) is 4.98 Å². The first-order valence-electron chi connectivity index (χ1n) is 3.17. The zero-order valence-electron chi connectivity index (χ0n) is 6.76. The molecule has 0 radical (unpaired) electrons. The zero-order valence-corrected chi connectivity index (χ0v) is 6.76. The van der Waals surface area contributed by atoms with Crippen LogP contribution >= 0.6 is 0 Å². The number of nitrogens with zero attached hydrogens (tertiary/aromatic N) is 5. The van der Waals surface area contributed by atoms with Crippen molar-refractivity contribution in [1.29, 1.82) is 0 Å². The van der Waals surface area contributed by atoms with Gasteiger partial charge in [0.25, 0.3) is 0 Å². The molecule has 0 amide bonds. The predicted molar refractivity (Wildman–Crippen MR) is 42.3 cm³/mol. The Labute approximate surface area is 79.3 Å². The summed E-state index contributed by atoms with van der Waals surface area (Å²) in [5, 5.41) is 30.8. The Hall–Kier alpha value is -2.79. The van der Waals surface area contributed by atoms with Gasteiger partial charge >= 0.3 is 17.6 Å². The first kappa shape index (κ1) is 10.3. The van der Waals surface area contributed by atoms with Crippen molar-refractivity contribution < 1.29 is 14.8 Å². The SMILES string of the molecule is Nn1c([N+](=O)[O-])nc([N+](=O)[O-])c1[N+](=O)[O-]. The summed E-state index contributed by atoms with van der Waals surface area (Å²) in [6.07, 6.45) is 0. The number of nitro groups is 3. The van der Waals surface area contributed by atoms with Crippen LogP contribution in [0.3, 0.4) is 0 Å². The molecule has 2 N–H and O–H groups in total. The van der Waals surface area contributed by atoms with E-state index >= 15 is 0 Å². The Bertz CT molecular complexity index is 462. The third kappa shape index (κ3) is 1.50. The van der Waals surface area contributed by atoms with E-state index in [2.05, 4.69) is 4.98 Å². The number of hydrogen-bond acceptors (Lipinski definition) is 8. The fourth-order valence-corrected chi connectivity index (χ4v) is 0.822. The Morgan fingerprint density at radius 3 is 1.87 bits per heavy atom. The van der Waals surface area contributed by atoms with Gasteiger partial charge in [-0.15, -0.1) is 0 Å². The molecule has 0 saturated carbocycles. The minimum atomic E-state index is -1.27. The molecule has 1 aromatic rings. The maximum atomic E-state index is 10.3. The third-order valence-corrected chi connectivity index (χ3v) is 1.36. The van der Waals surface area contributed by atoms with Crippen molar-refractivity contribution in [3.05, 3.63) is 30.3 Å². The summed E-state index contributed by atoms with van der Waals surface area (Å²) in [5.41, 5.74) is 0. The average molecular weight is 218 g/mol. The van der Waals surface area contributed by atoms with Gasteiger partial charge in [-0.25, -0.2) is 0 Å². The van der Waals surface area contributed by atoms with E-state index in [-0.39, 0.29) is 4.68 Å². The molecule has 0 unspecified atom stereocenters. The first-order chi connectivity index (χ1) is 6.86. The number of aromatic nitrogens is 2. The van der Waals surface area contributed by atoms with Crippen molar-refractivity contribution in [3.63, 3.8) is 0 Å². The standard InChI is InChI=1S/C3H2N6O6/c4-6-2(8(12)13)1(7(10)11)5-3(6)9(14)15/h4H2. The van der Waals surface area contributed by atoms with Crippen molar-refractivity contribution in [2.24, 2.45) is 0 Å². The van der Waals surface area contributed by atoms with Gasteiger partial charge in [0.15, 0.2) is 0 Å². The molecular weight excluding hydrogens is 216 g/mol. The lowest BCUT2D eigenvalue weighted by molar-refractivity contribution is -0.428. The number of hydrogen-bond donors (Lipinski definition) is 1. The summed E-state index contributed by atoms with van der Waals surface area (Å²) in [7, 11) is 0. The third-order valence-electron chi connectivity index (χ3n) is 1.36. The maximum Gasteiger partial charge on any atom is 0.530 e. The van der Waals surface area contributed by atoms with E-state index in [1.54, 1.807) is 0 Å². The van der Waals surface area contributed by atoms with Crippen molar-refractivity contribution in [2.75, 3.05) is 5.84 Å². The Morgan fingerprint density at radius 2 is 1.60 bits per heavy atom. The summed E-state index contributed by atoms with van der Waals surface area (Å²) in [6.45, 7) is 0. The van der Waals surface area contributed by atoms with Gasteiger partial charge in [-0.1, -0.05) is 0 Å².